The third-order valence-corrected chi connectivity index (χ3v) is 5.21. The van der Waals surface area contributed by atoms with Crippen molar-refractivity contribution in [2.45, 2.75) is 33.4 Å². The van der Waals surface area contributed by atoms with E-state index in [0.29, 0.717) is 26.2 Å². The Bertz CT molecular complexity index is 1100. The number of carbonyl (C=O) groups excluding carboxylic acids is 2. The van der Waals surface area contributed by atoms with Gasteiger partial charge in [-0.2, -0.15) is 0 Å². The predicted molar refractivity (Wildman–Crippen MR) is 103 cm³/mol. The first-order valence-electron chi connectivity index (χ1n) is 8.36. The van der Waals surface area contributed by atoms with Gasteiger partial charge in [0.15, 0.2) is 0 Å². The van der Waals surface area contributed by atoms with Gasteiger partial charge in [0.25, 0.3) is 11.5 Å². The van der Waals surface area contributed by atoms with Crippen LogP contribution < -0.4 is 11.3 Å². The van der Waals surface area contributed by atoms with E-state index in [1.807, 2.05) is 6.07 Å². The van der Waals surface area contributed by atoms with Gasteiger partial charge in [0.2, 0.25) is 0 Å². The molecule has 2 aromatic heterocycles. The Morgan fingerprint density at radius 1 is 1.33 bits per heavy atom. The number of hydrogen-bond acceptors (Lipinski definition) is 6. The number of hydrogen-bond donors (Lipinski definition) is 1. The highest BCUT2D eigenvalue weighted by Crippen LogP contribution is 2.26. The minimum atomic E-state index is -0.571. The Balaban J connectivity index is 1.97. The highest BCUT2D eigenvalue weighted by atomic mass is 32.1. The van der Waals surface area contributed by atoms with Crippen LogP contribution in [0, 0.1) is 6.92 Å². The lowest BCUT2D eigenvalue weighted by atomic mass is 10.1. The molecule has 0 radical (unpaired) electrons. The lowest BCUT2D eigenvalue weighted by Gasteiger charge is -2.10. The molecule has 27 heavy (non-hydrogen) atoms. The first kappa shape index (κ1) is 18.8. The molecule has 0 unspecified atom stereocenters. The topological polar surface area (TPSA) is 104 Å². The summed E-state index contributed by atoms with van der Waals surface area (Å²) in [6, 6.07) is 6.92. The summed E-state index contributed by atoms with van der Waals surface area (Å²) in [7, 11) is 0. The van der Waals surface area contributed by atoms with Crippen LogP contribution in [-0.4, -0.2) is 27.5 Å². The maximum absolute atomic E-state index is 12.8. The highest BCUT2D eigenvalue weighted by Gasteiger charge is 2.18. The lowest BCUT2D eigenvalue weighted by molar-refractivity contribution is 0.0377. The summed E-state index contributed by atoms with van der Waals surface area (Å²) in [6.07, 6.45) is 1.22. The molecule has 0 fully saturated rings. The third-order valence-electron chi connectivity index (χ3n) is 4.00. The first-order chi connectivity index (χ1) is 12.8. The minimum Gasteiger partial charge on any atom is -0.459 e. The van der Waals surface area contributed by atoms with Gasteiger partial charge >= 0.3 is 5.97 Å². The quantitative estimate of drug-likeness (QED) is 0.680. The molecule has 0 aliphatic heterocycles. The van der Waals surface area contributed by atoms with Gasteiger partial charge in [-0.1, -0.05) is 12.1 Å². The van der Waals surface area contributed by atoms with Gasteiger partial charge in [-0.05, 0) is 44.0 Å². The summed E-state index contributed by atoms with van der Waals surface area (Å²) in [5.74, 6) is -0.981. The fraction of sp³-hybridized carbons (Fsp3) is 0.263. The maximum Gasteiger partial charge on any atom is 0.338 e. The van der Waals surface area contributed by atoms with E-state index in [2.05, 4.69) is 4.98 Å². The Kier molecular flexibility index (Phi) is 5.09. The van der Waals surface area contributed by atoms with Gasteiger partial charge in [-0.15, -0.1) is 11.3 Å². The van der Waals surface area contributed by atoms with Crippen LogP contribution in [0.1, 0.15) is 45.0 Å². The molecule has 3 rings (SSSR count). The van der Waals surface area contributed by atoms with Crippen molar-refractivity contribution in [1.29, 1.82) is 0 Å². The van der Waals surface area contributed by atoms with Crippen molar-refractivity contribution >= 4 is 33.4 Å². The molecule has 8 heteroatoms. The molecule has 2 heterocycles. The Morgan fingerprint density at radius 2 is 2.07 bits per heavy atom. The van der Waals surface area contributed by atoms with E-state index in [4.69, 9.17) is 10.5 Å². The van der Waals surface area contributed by atoms with Crippen molar-refractivity contribution in [3.8, 4) is 0 Å². The number of fused-ring (bicyclic) bond motifs is 1. The molecule has 7 nitrogen and oxygen atoms in total. The Hall–Kier alpha value is -3.00. The number of thiophene rings is 1. The van der Waals surface area contributed by atoms with Crippen LogP contribution in [0.15, 0.2) is 35.4 Å². The van der Waals surface area contributed by atoms with Crippen LogP contribution in [0.3, 0.4) is 0 Å². The molecular weight excluding hydrogens is 366 g/mol. The first-order valence-corrected chi connectivity index (χ1v) is 9.18. The van der Waals surface area contributed by atoms with Crippen LogP contribution in [0.25, 0.3) is 10.2 Å². The molecule has 0 aliphatic carbocycles. The molecule has 0 bridgehead atoms. The zero-order valence-corrected chi connectivity index (χ0v) is 16.0. The SMILES string of the molecule is Cc1c(C(N)=O)sc2ncn(Cc3cccc(C(=O)OC(C)C)c3)c(=O)c12. The molecule has 0 saturated heterocycles. The van der Waals surface area contributed by atoms with Crippen molar-refractivity contribution < 1.29 is 14.3 Å². The fourth-order valence-corrected chi connectivity index (χ4v) is 3.77. The number of primary amides is 1. The van der Waals surface area contributed by atoms with E-state index >= 15 is 0 Å². The van der Waals surface area contributed by atoms with Crippen molar-refractivity contribution in [3.05, 3.63) is 62.5 Å². The molecule has 0 saturated carbocycles. The molecule has 1 aromatic carbocycles. The number of aromatic nitrogens is 2. The summed E-state index contributed by atoms with van der Waals surface area (Å²) in [5.41, 5.74) is 6.84. The predicted octanol–water partition coefficient (Wildman–Crippen LogP) is 2.48. The maximum atomic E-state index is 12.8. The zero-order chi connectivity index (χ0) is 19.7. The van der Waals surface area contributed by atoms with Crippen LogP contribution in [0.2, 0.25) is 0 Å². The average molecular weight is 385 g/mol. The van der Waals surface area contributed by atoms with Crippen molar-refractivity contribution in [3.63, 3.8) is 0 Å². The molecule has 0 aliphatic rings. The van der Waals surface area contributed by atoms with E-state index in [0.717, 1.165) is 16.9 Å². The van der Waals surface area contributed by atoms with E-state index in [-0.39, 0.29) is 18.2 Å². The van der Waals surface area contributed by atoms with Gasteiger partial charge in [0.05, 0.1) is 34.8 Å². The number of amides is 1. The van der Waals surface area contributed by atoms with Crippen molar-refractivity contribution in [2.24, 2.45) is 5.73 Å². The average Bonchev–Trinajstić information content (AvgIpc) is 2.95. The second-order valence-electron chi connectivity index (χ2n) is 6.43. The van der Waals surface area contributed by atoms with E-state index in [9.17, 15) is 14.4 Å². The van der Waals surface area contributed by atoms with Crippen molar-refractivity contribution in [2.75, 3.05) is 0 Å². The number of nitrogens with zero attached hydrogens (tertiary/aromatic N) is 2. The van der Waals surface area contributed by atoms with Crippen LogP contribution in [0.5, 0.6) is 0 Å². The van der Waals surface area contributed by atoms with E-state index in [1.165, 1.54) is 10.9 Å². The molecule has 1 amide bonds. The van der Waals surface area contributed by atoms with E-state index < -0.39 is 11.9 Å². The smallest absolute Gasteiger partial charge is 0.338 e. The number of nitrogens with two attached hydrogens (primary N) is 1. The summed E-state index contributed by atoms with van der Waals surface area (Å²) in [6.45, 7) is 5.50. The zero-order valence-electron chi connectivity index (χ0n) is 15.2. The Morgan fingerprint density at radius 3 is 2.74 bits per heavy atom. The lowest BCUT2D eigenvalue weighted by Crippen LogP contribution is -2.21. The van der Waals surface area contributed by atoms with E-state index in [1.54, 1.807) is 39.0 Å². The van der Waals surface area contributed by atoms with Crippen LogP contribution >= 0.6 is 11.3 Å². The van der Waals surface area contributed by atoms with Crippen LogP contribution in [0.4, 0.5) is 0 Å². The Labute approximate surface area is 159 Å². The summed E-state index contributed by atoms with van der Waals surface area (Å²) < 4.78 is 6.65. The molecule has 3 aromatic rings. The standard InChI is InChI=1S/C19H19N3O4S/c1-10(2)26-19(25)13-6-4-5-12(7-13)8-22-9-21-17-14(18(22)24)11(3)15(27-17)16(20)23/h4-7,9-10H,8H2,1-3H3,(H2,20,23). The number of rotatable bonds is 5. The normalized spacial score (nSPS) is 11.1. The minimum absolute atomic E-state index is 0.212. The largest absolute Gasteiger partial charge is 0.459 e. The molecule has 0 atom stereocenters. The number of benzene rings is 1. The third kappa shape index (κ3) is 3.75. The summed E-state index contributed by atoms with van der Waals surface area (Å²) >= 11 is 1.11. The number of aryl methyl sites for hydroxylation is 1. The van der Waals surface area contributed by atoms with Gasteiger partial charge in [-0.3, -0.25) is 14.2 Å². The monoisotopic (exact) mass is 385 g/mol. The van der Waals surface area contributed by atoms with Crippen molar-refractivity contribution in [1.82, 2.24) is 9.55 Å². The molecular formula is C19H19N3O4S. The second-order valence-corrected chi connectivity index (χ2v) is 7.43. The van der Waals surface area contributed by atoms with Gasteiger partial charge in [0, 0.05) is 0 Å². The molecule has 2 N–H and O–H groups in total. The molecule has 0 spiro atoms. The van der Waals surface area contributed by atoms with Gasteiger partial charge in [0.1, 0.15) is 4.83 Å². The number of ether oxygens (including phenoxy) is 1. The van der Waals surface area contributed by atoms with Gasteiger partial charge < -0.3 is 10.5 Å². The highest BCUT2D eigenvalue weighted by molar-refractivity contribution is 7.20. The number of esters is 1. The molecule has 140 valence electrons. The number of carbonyl (C=O) groups is 2. The second kappa shape index (κ2) is 7.32. The van der Waals surface area contributed by atoms with Gasteiger partial charge in [-0.25, -0.2) is 9.78 Å². The van der Waals surface area contributed by atoms with Crippen LogP contribution in [-0.2, 0) is 11.3 Å². The summed E-state index contributed by atoms with van der Waals surface area (Å²) in [4.78, 5) is 41.5. The fourth-order valence-electron chi connectivity index (χ4n) is 2.78. The summed E-state index contributed by atoms with van der Waals surface area (Å²) in [5, 5.41) is 0.395.